The van der Waals surface area contributed by atoms with E-state index in [1.165, 1.54) is 50.2 Å². The predicted molar refractivity (Wildman–Crippen MR) is 209 cm³/mol. The number of anilines is 3. The third-order valence-corrected chi connectivity index (χ3v) is 11.8. The molecule has 47 heavy (non-hydrogen) atoms. The second-order valence-electron chi connectivity index (χ2n) is 16.4. The molecule has 0 saturated carbocycles. The topological polar surface area (TPSA) is 3.24 Å². The van der Waals surface area contributed by atoms with E-state index in [-0.39, 0.29) is 21.7 Å². The van der Waals surface area contributed by atoms with Crippen LogP contribution < -0.4 is 4.90 Å². The maximum atomic E-state index is 3.68. The molecule has 0 radical (unpaired) electrons. The summed E-state index contributed by atoms with van der Waals surface area (Å²) in [5.41, 5.74) is 14.9. The molecule has 0 heterocycles. The zero-order valence-electron chi connectivity index (χ0n) is 28.9. The molecule has 5 aromatic rings. The average Bonchev–Trinajstić information content (AvgIpc) is 3.33. The number of rotatable bonds is 5. The van der Waals surface area contributed by atoms with Gasteiger partial charge in [-0.2, -0.15) is 0 Å². The van der Waals surface area contributed by atoms with E-state index in [9.17, 15) is 0 Å². The minimum atomic E-state index is 0.122. The second kappa shape index (κ2) is 11.2. The van der Waals surface area contributed by atoms with Crippen LogP contribution in [0.15, 0.2) is 112 Å². The van der Waals surface area contributed by atoms with E-state index in [4.69, 9.17) is 0 Å². The zero-order valence-corrected chi connectivity index (χ0v) is 32.1. The van der Waals surface area contributed by atoms with Gasteiger partial charge in [0.25, 0.3) is 0 Å². The molecule has 1 nitrogen and oxygen atoms in total. The van der Waals surface area contributed by atoms with Gasteiger partial charge in [-0.1, -0.05) is 136 Å². The fraction of sp³-hybridized carbons (Fsp3) is 0.318. The summed E-state index contributed by atoms with van der Waals surface area (Å²) < 4.78 is 2.14. The lowest BCUT2D eigenvalue weighted by Crippen LogP contribution is -2.18. The van der Waals surface area contributed by atoms with E-state index in [0.717, 1.165) is 33.2 Å². The lowest BCUT2D eigenvalue weighted by molar-refractivity contribution is 0.402. The first-order valence-corrected chi connectivity index (χ1v) is 18.4. The van der Waals surface area contributed by atoms with Crippen molar-refractivity contribution in [2.75, 3.05) is 4.90 Å². The number of benzene rings is 5. The fourth-order valence-electron chi connectivity index (χ4n) is 9.07. The van der Waals surface area contributed by atoms with Gasteiger partial charge in [0.15, 0.2) is 0 Å². The fourth-order valence-corrected chi connectivity index (χ4v) is 9.60. The molecular weight excluding hydrogens is 702 g/mol. The molecule has 0 unspecified atom stereocenters. The Morgan fingerprint density at radius 2 is 0.809 bits per heavy atom. The molecule has 0 atom stereocenters. The molecule has 0 spiro atoms. The number of fused-ring (bicyclic) bond motifs is 2. The third-order valence-electron chi connectivity index (χ3n) is 10.8. The van der Waals surface area contributed by atoms with Crippen LogP contribution in [0.5, 0.6) is 0 Å². The van der Waals surface area contributed by atoms with Crippen molar-refractivity contribution in [3.05, 3.63) is 134 Å². The van der Waals surface area contributed by atoms with Crippen LogP contribution in [0, 0.1) is 0 Å². The maximum Gasteiger partial charge on any atom is 0.0546 e. The van der Waals surface area contributed by atoms with Crippen molar-refractivity contribution in [3.63, 3.8) is 0 Å². The smallest absolute Gasteiger partial charge is 0.0546 e. The Morgan fingerprint density at radius 3 is 1.30 bits per heavy atom. The number of halogens is 2. The molecule has 0 aromatic heterocycles. The highest BCUT2D eigenvalue weighted by molar-refractivity contribution is 9.10. The second-order valence-corrected chi connectivity index (χ2v) is 18.3. The quantitative estimate of drug-likeness (QED) is 0.173. The summed E-state index contributed by atoms with van der Waals surface area (Å²) in [6.07, 6.45) is 2.31. The van der Waals surface area contributed by atoms with Crippen LogP contribution in [-0.2, 0) is 21.7 Å². The maximum absolute atomic E-state index is 3.68. The molecule has 0 saturated heterocycles. The van der Waals surface area contributed by atoms with Crippen molar-refractivity contribution in [3.8, 4) is 22.3 Å². The lowest BCUT2D eigenvalue weighted by atomic mass is 9.82. The lowest BCUT2D eigenvalue weighted by Gasteiger charge is -2.29. The Hall–Kier alpha value is -3.14. The first-order valence-electron chi connectivity index (χ1n) is 16.8. The number of nitrogens with zero attached hydrogens (tertiary/aromatic N) is 1. The minimum Gasteiger partial charge on any atom is -0.310 e. The molecule has 3 heteroatoms. The molecule has 2 aliphatic carbocycles. The van der Waals surface area contributed by atoms with E-state index >= 15 is 0 Å². The third kappa shape index (κ3) is 5.72. The highest BCUT2D eigenvalue weighted by Crippen LogP contribution is 2.53. The van der Waals surface area contributed by atoms with Crippen molar-refractivity contribution in [1.82, 2.24) is 0 Å². The van der Waals surface area contributed by atoms with E-state index < -0.39 is 0 Å². The normalized spacial score (nSPS) is 18.1. The van der Waals surface area contributed by atoms with Crippen LogP contribution in [0.3, 0.4) is 0 Å². The van der Waals surface area contributed by atoms with Crippen LogP contribution in [0.25, 0.3) is 22.3 Å². The standard InChI is InChI=1S/C44H45Br2N/c1-41(2)26-43(5,6)38-23-28(10-21-36(38)41)29-9-20-35(30-11-22-37-39(24-30)44(7,8)27-42(37,3)4)40(25-29)47(33-16-12-31(45)13-17-33)34-18-14-32(46)15-19-34/h9-25H,26-27H2,1-8H3. The van der Waals surface area contributed by atoms with E-state index in [1.54, 1.807) is 0 Å². The summed E-state index contributed by atoms with van der Waals surface area (Å²) in [5.74, 6) is 0. The molecular formula is C44H45Br2N. The molecule has 0 amide bonds. The van der Waals surface area contributed by atoms with Gasteiger partial charge >= 0.3 is 0 Å². The molecule has 0 aliphatic heterocycles. The molecule has 2 aliphatic rings. The molecule has 7 rings (SSSR count). The minimum absolute atomic E-state index is 0.122. The highest BCUT2D eigenvalue weighted by Gasteiger charge is 2.43. The van der Waals surface area contributed by atoms with Gasteiger partial charge in [0.05, 0.1) is 5.69 Å². The Bertz CT molecular complexity index is 1950. The van der Waals surface area contributed by atoms with E-state index in [0.29, 0.717) is 0 Å². The van der Waals surface area contributed by atoms with Crippen LogP contribution >= 0.6 is 31.9 Å². The highest BCUT2D eigenvalue weighted by atomic mass is 79.9. The van der Waals surface area contributed by atoms with Crippen LogP contribution in [0.1, 0.15) is 90.5 Å². The van der Waals surface area contributed by atoms with E-state index in [1.807, 2.05) is 0 Å². The Kier molecular flexibility index (Phi) is 7.73. The summed E-state index contributed by atoms with van der Waals surface area (Å²) in [6, 6.07) is 38.9. The summed E-state index contributed by atoms with van der Waals surface area (Å²) >= 11 is 7.35. The molecule has 0 N–H and O–H groups in total. The summed E-state index contributed by atoms with van der Waals surface area (Å²) in [5, 5.41) is 0. The van der Waals surface area contributed by atoms with Crippen molar-refractivity contribution in [2.24, 2.45) is 0 Å². The van der Waals surface area contributed by atoms with Gasteiger partial charge in [-0.25, -0.2) is 0 Å². The first-order chi connectivity index (χ1) is 22.1. The zero-order chi connectivity index (χ0) is 33.5. The Balaban J connectivity index is 1.47. The SMILES string of the molecule is CC1(C)CC(C)(C)c2cc(-c3ccc(-c4ccc5c(c4)C(C)(C)CC5(C)C)c(N(c4ccc(Br)cc4)c4ccc(Br)cc4)c3)ccc21. The molecule has 0 fully saturated rings. The van der Waals surface area contributed by atoms with Gasteiger partial charge in [-0.15, -0.1) is 0 Å². The Morgan fingerprint density at radius 1 is 0.426 bits per heavy atom. The molecule has 240 valence electrons. The van der Waals surface area contributed by atoms with Gasteiger partial charge in [-0.3, -0.25) is 0 Å². The monoisotopic (exact) mass is 745 g/mol. The van der Waals surface area contributed by atoms with Gasteiger partial charge in [0.1, 0.15) is 0 Å². The van der Waals surface area contributed by atoms with Crippen LogP contribution in [0.2, 0.25) is 0 Å². The summed E-state index contributed by atoms with van der Waals surface area (Å²) in [4.78, 5) is 2.42. The Labute approximate surface area is 298 Å². The van der Waals surface area contributed by atoms with Crippen molar-refractivity contribution in [1.29, 1.82) is 0 Å². The first kappa shape index (κ1) is 32.4. The van der Waals surface area contributed by atoms with Crippen molar-refractivity contribution >= 4 is 48.9 Å². The van der Waals surface area contributed by atoms with Crippen molar-refractivity contribution in [2.45, 2.75) is 89.9 Å². The number of hydrogen-bond donors (Lipinski definition) is 0. The number of hydrogen-bond acceptors (Lipinski definition) is 1. The van der Waals surface area contributed by atoms with Gasteiger partial charge < -0.3 is 4.90 Å². The molecule has 5 aromatic carbocycles. The van der Waals surface area contributed by atoms with Crippen molar-refractivity contribution < 1.29 is 0 Å². The largest absolute Gasteiger partial charge is 0.310 e. The van der Waals surface area contributed by atoms with Crippen LogP contribution in [-0.4, -0.2) is 0 Å². The average molecular weight is 748 g/mol. The molecule has 0 bridgehead atoms. The van der Waals surface area contributed by atoms with Gasteiger partial charge in [0.2, 0.25) is 0 Å². The summed E-state index contributed by atoms with van der Waals surface area (Å²) in [6.45, 7) is 19.2. The predicted octanol–water partition coefficient (Wildman–Crippen LogP) is 13.9. The van der Waals surface area contributed by atoms with Gasteiger partial charge in [0, 0.05) is 25.9 Å². The van der Waals surface area contributed by atoms with E-state index in [2.05, 4.69) is 195 Å². The van der Waals surface area contributed by atoms with Crippen LogP contribution in [0.4, 0.5) is 17.1 Å². The van der Waals surface area contributed by atoms with Gasteiger partial charge in [-0.05, 0) is 128 Å². The summed E-state index contributed by atoms with van der Waals surface area (Å²) in [7, 11) is 0.